The van der Waals surface area contributed by atoms with Gasteiger partial charge in [-0.25, -0.2) is 8.42 Å². The van der Waals surface area contributed by atoms with Crippen molar-refractivity contribution in [3.05, 3.63) is 30.1 Å². The van der Waals surface area contributed by atoms with Gasteiger partial charge in [0.2, 0.25) is 0 Å². The zero-order valence-corrected chi connectivity index (χ0v) is 10.00. The molecular formula is C9H12ClNO4S. The molecule has 1 aromatic heterocycles. The molecule has 0 radical (unpaired) electrons. The third-order valence-electron chi connectivity index (χ3n) is 1.74. The second kappa shape index (κ2) is 6.44. The molecule has 1 heterocycles. The van der Waals surface area contributed by atoms with Crippen LogP contribution < -0.4 is 0 Å². The van der Waals surface area contributed by atoms with Gasteiger partial charge in [-0.15, -0.1) is 12.4 Å². The summed E-state index contributed by atoms with van der Waals surface area (Å²) in [5, 5.41) is 8.37. The molecule has 0 aliphatic heterocycles. The lowest BCUT2D eigenvalue weighted by atomic mass is 10.3. The average Bonchev–Trinajstić information content (AvgIpc) is 2.16. The van der Waals surface area contributed by atoms with E-state index >= 15 is 0 Å². The van der Waals surface area contributed by atoms with Crippen LogP contribution in [0.5, 0.6) is 0 Å². The van der Waals surface area contributed by atoms with E-state index in [9.17, 15) is 13.2 Å². The van der Waals surface area contributed by atoms with Gasteiger partial charge in [0.25, 0.3) is 0 Å². The maximum atomic E-state index is 11.4. The van der Waals surface area contributed by atoms with Crippen molar-refractivity contribution in [1.29, 1.82) is 0 Å². The minimum absolute atomic E-state index is 0. The van der Waals surface area contributed by atoms with E-state index in [1.54, 1.807) is 18.3 Å². The summed E-state index contributed by atoms with van der Waals surface area (Å²) < 4.78 is 22.8. The van der Waals surface area contributed by atoms with Gasteiger partial charge in [0.15, 0.2) is 9.84 Å². The third kappa shape index (κ3) is 5.67. The lowest BCUT2D eigenvalue weighted by Crippen LogP contribution is -2.12. The van der Waals surface area contributed by atoms with Crippen LogP contribution in [0.2, 0.25) is 0 Å². The lowest BCUT2D eigenvalue weighted by Gasteiger charge is -2.01. The van der Waals surface area contributed by atoms with Crippen LogP contribution in [0.3, 0.4) is 0 Å². The van der Waals surface area contributed by atoms with Crippen molar-refractivity contribution >= 4 is 28.2 Å². The summed E-state index contributed by atoms with van der Waals surface area (Å²) >= 11 is 0. The van der Waals surface area contributed by atoms with Gasteiger partial charge in [-0.1, -0.05) is 6.07 Å². The smallest absolute Gasteiger partial charge is 0.304 e. The van der Waals surface area contributed by atoms with E-state index in [1.165, 1.54) is 6.20 Å². The molecule has 0 aliphatic rings. The predicted octanol–water partition coefficient (Wildman–Crippen LogP) is 0.893. The second-order valence-electron chi connectivity index (χ2n) is 3.10. The van der Waals surface area contributed by atoms with Gasteiger partial charge in [-0.2, -0.15) is 0 Å². The minimum Gasteiger partial charge on any atom is -0.481 e. The van der Waals surface area contributed by atoms with E-state index in [-0.39, 0.29) is 30.3 Å². The topological polar surface area (TPSA) is 84.3 Å². The molecular weight excluding hydrogens is 254 g/mol. The van der Waals surface area contributed by atoms with Crippen LogP contribution in [0.4, 0.5) is 0 Å². The normalized spacial score (nSPS) is 10.5. The number of hydrogen-bond acceptors (Lipinski definition) is 4. The number of rotatable bonds is 5. The first-order valence-electron chi connectivity index (χ1n) is 4.31. The first kappa shape index (κ1) is 14.9. The fourth-order valence-corrected chi connectivity index (χ4v) is 2.36. The van der Waals surface area contributed by atoms with Crippen LogP contribution in [-0.2, 0) is 20.4 Å². The molecule has 1 N–H and O–H groups in total. The number of carbonyl (C=O) groups is 1. The van der Waals surface area contributed by atoms with Crippen molar-refractivity contribution < 1.29 is 18.3 Å². The SMILES string of the molecule is Cl.O=C(O)CCS(=O)(=O)Cc1cccnc1. The highest BCUT2D eigenvalue weighted by Crippen LogP contribution is 2.05. The Kier molecular flexibility index (Phi) is 5.98. The maximum absolute atomic E-state index is 11.4. The fourth-order valence-electron chi connectivity index (χ4n) is 1.05. The quantitative estimate of drug-likeness (QED) is 0.855. The zero-order valence-electron chi connectivity index (χ0n) is 8.37. The highest BCUT2D eigenvalue weighted by molar-refractivity contribution is 7.90. The monoisotopic (exact) mass is 265 g/mol. The van der Waals surface area contributed by atoms with E-state index in [4.69, 9.17) is 5.11 Å². The highest BCUT2D eigenvalue weighted by Gasteiger charge is 2.13. The number of carboxylic acid groups (broad SMARTS) is 1. The Hall–Kier alpha value is -1.14. The molecule has 0 saturated carbocycles. The number of nitrogens with zero attached hydrogens (tertiary/aromatic N) is 1. The molecule has 7 heteroatoms. The number of aromatic nitrogens is 1. The van der Waals surface area contributed by atoms with Crippen molar-refractivity contribution in [2.24, 2.45) is 0 Å². The van der Waals surface area contributed by atoms with Crippen LogP contribution in [0.25, 0.3) is 0 Å². The number of pyridine rings is 1. The zero-order chi connectivity index (χ0) is 11.3. The molecule has 0 unspecified atom stereocenters. The molecule has 0 bridgehead atoms. The van der Waals surface area contributed by atoms with Crippen molar-refractivity contribution in [3.63, 3.8) is 0 Å². The first-order valence-corrected chi connectivity index (χ1v) is 6.13. The Balaban J connectivity index is 0.00000225. The highest BCUT2D eigenvalue weighted by atomic mass is 35.5. The van der Waals surface area contributed by atoms with Gasteiger partial charge in [0.1, 0.15) is 0 Å². The van der Waals surface area contributed by atoms with Crippen LogP contribution in [-0.4, -0.2) is 30.2 Å². The Morgan fingerprint density at radius 3 is 2.62 bits per heavy atom. The Bertz CT molecular complexity index is 432. The van der Waals surface area contributed by atoms with Gasteiger partial charge >= 0.3 is 5.97 Å². The third-order valence-corrected chi connectivity index (χ3v) is 3.34. The van der Waals surface area contributed by atoms with Gasteiger partial charge in [0, 0.05) is 12.4 Å². The maximum Gasteiger partial charge on any atom is 0.304 e. The molecule has 0 fully saturated rings. The number of sulfone groups is 1. The molecule has 16 heavy (non-hydrogen) atoms. The average molecular weight is 266 g/mol. The first-order chi connectivity index (χ1) is 6.99. The van der Waals surface area contributed by atoms with E-state index in [0.717, 1.165) is 0 Å². The predicted molar refractivity (Wildman–Crippen MR) is 61.2 cm³/mol. The lowest BCUT2D eigenvalue weighted by molar-refractivity contribution is -0.136. The standard InChI is InChI=1S/C9H11NO4S.ClH/c11-9(12)3-5-15(13,14)7-8-2-1-4-10-6-8;/h1-2,4,6H,3,5,7H2,(H,11,12);1H. The Morgan fingerprint density at radius 1 is 1.44 bits per heavy atom. The summed E-state index contributed by atoms with van der Waals surface area (Å²) in [5.41, 5.74) is 0.572. The summed E-state index contributed by atoms with van der Waals surface area (Å²) in [6, 6.07) is 3.29. The largest absolute Gasteiger partial charge is 0.481 e. The molecule has 0 aromatic carbocycles. The molecule has 1 aromatic rings. The number of hydrogen-bond donors (Lipinski definition) is 1. The van der Waals surface area contributed by atoms with Crippen LogP contribution in [0.15, 0.2) is 24.5 Å². The van der Waals surface area contributed by atoms with E-state index in [0.29, 0.717) is 5.56 Å². The summed E-state index contributed by atoms with van der Waals surface area (Å²) in [6.07, 6.45) is 2.65. The van der Waals surface area contributed by atoms with Crippen molar-refractivity contribution in [3.8, 4) is 0 Å². The molecule has 1 rings (SSSR count). The van der Waals surface area contributed by atoms with Crippen LogP contribution in [0, 0.1) is 0 Å². The molecule has 90 valence electrons. The van der Waals surface area contributed by atoms with Gasteiger partial charge in [0.05, 0.1) is 17.9 Å². The van der Waals surface area contributed by atoms with Crippen molar-refractivity contribution in [2.75, 3.05) is 5.75 Å². The molecule has 0 spiro atoms. The molecule has 0 amide bonds. The Morgan fingerprint density at radius 2 is 2.12 bits per heavy atom. The minimum atomic E-state index is -3.35. The summed E-state index contributed by atoms with van der Waals surface area (Å²) in [4.78, 5) is 14.0. The van der Waals surface area contributed by atoms with E-state index in [1.807, 2.05) is 0 Å². The number of carboxylic acids is 1. The van der Waals surface area contributed by atoms with Crippen molar-refractivity contribution in [2.45, 2.75) is 12.2 Å². The van der Waals surface area contributed by atoms with E-state index < -0.39 is 15.8 Å². The molecule has 0 saturated heterocycles. The second-order valence-corrected chi connectivity index (χ2v) is 5.28. The molecule has 0 aliphatic carbocycles. The van der Waals surface area contributed by atoms with Gasteiger partial charge in [-0.3, -0.25) is 9.78 Å². The van der Waals surface area contributed by atoms with Gasteiger partial charge < -0.3 is 5.11 Å². The fraction of sp³-hybridized carbons (Fsp3) is 0.333. The van der Waals surface area contributed by atoms with E-state index in [2.05, 4.69) is 4.98 Å². The summed E-state index contributed by atoms with van der Waals surface area (Å²) in [7, 11) is -3.35. The van der Waals surface area contributed by atoms with Gasteiger partial charge in [-0.05, 0) is 11.6 Å². The molecule has 0 atom stereocenters. The van der Waals surface area contributed by atoms with Crippen molar-refractivity contribution in [1.82, 2.24) is 4.98 Å². The Labute approximate surface area is 99.8 Å². The van der Waals surface area contributed by atoms with Crippen LogP contribution >= 0.6 is 12.4 Å². The number of halogens is 1. The summed E-state index contributed by atoms with van der Waals surface area (Å²) in [5.74, 6) is -1.60. The molecule has 5 nitrogen and oxygen atoms in total. The summed E-state index contributed by atoms with van der Waals surface area (Å²) in [6.45, 7) is 0. The number of aliphatic carboxylic acids is 1. The van der Waals surface area contributed by atoms with Crippen LogP contribution in [0.1, 0.15) is 12.0 Å².